The third-order valence-corrected chi connectivity index (χ3v) is 14.7. The largest absolute Gasteiger partial charge is 0.461 e. The van der Waals surface area contributed by atoms with Crippen LogP contribution < -0.4 is 32.6 Å². The van der Waals surface area contributed by atoms with Gasteiger partial charge in [-0.15, -0.1) is 11.3 Å². The zero-order valence-corrected chi connectivity index (χ0v) is 38.3. The number of aromatic nitrogens is 5. The van der Waals surface area contributed by atoms with Gasteiger partial charge in [0, 0.05) is 34.9 Å². The predicted octanol–water partition coefficient (Wildman–Crippen LogP) is 8.52. The number of ether oxygens (including phenoxy) is 1. The zero-order valence-electron chi connectivity index (χ0n) is 35.0. The summed E-state index contributed by atoms with van der Waals surface area (Å²) >= 11 is 3.91. The highest BCUT2D eigenvalue weighted by molar-refractivity contribution is 7.89. The summed E-state index contributed by atoms with van der Waals surface area (Å²) in [6, 6.07) is 22.5. The molecule has 0 radical (unpaired) electrons. The molecule has 0 aliphatic heterocycles. The number of hydrogen-bond donors (Lipinski definition) is 6. The number of thiazole rings is 3. The molecule has 1 amide bonds. The van der Waals surface area contributed by atoms with E-state index < -0.39 is 21.9 Å². The Morgan fingerprint density at radius 3 is 2.27 bits per heavy atom. The van der Waals surface area contributed by atoms with E-state index in [0.717, 1.165) is 27.3 Å². The van der Waals surface area contributed by atoms with Crippen molar-refractivity contribution >= 4 is 89.2 Å². The average Bonchev–Trinajstić information content (AvgIpc) is 3.97. The van der Waals surface area contributed by atoms with Crippen LogP contribution in [0.15, 0.2) is 83.9 Å². The van der Waals surface area contributed by atoms with E-state index in [9.17, 15) is 18.0 Å². The maximum Gasteiger partial charge on any atom is 0.358 e. The average molecular weight is 936 g/mol. The summed E-state index contributed by atoms with van der Waals surface area (Å²) in [5, 5.41) is 17.8. The number of nitrogens with two attached hydrogens (primary N) is 3. The van der Waals surface area contributed by atoms with Gasteiger partial charge in [0.25, 0.3) is 5.91 Å². The number of primary sulfonamides is 1. The molecule has 4 aromatic heterocycles. The number of benzene rings is 3. The van der Waals surface area contributed by atoms with Gasteiger partial charge in [-0.3, -0.25) is 4.79 Å². The van der Waals surface area contributed by atoms with E-state index in [1.807, 2.05) is 56.3 Å². The number of sulfonamides is 1. The van der Waals surface area contributed by atoms with Crippen LogP contribution in [0.4, 0.5) is 33.3 Å². The summed E-state index contributed by atoms with van der Waals surface area (Å²) in [5.74, 6) is -0.693. The van der Waals surface area contributed by atoms with Gasteiger partial charge in [0.05, 0.1) is 11.5 Å². The van der Waals surface area contributed by atoms with Gasteiger partial charge in [-0.05, 0) is 111 Å². The predicted molar refractivity (Wildman–Crippen MR) is 253 cm³/mol. The first-order chi connectivity index (χ1) is 30.7. The van der Waals surface area contributed by atoms with Crippen LogP contribution in [0.2, 0.25) is 0 Å². The van der Waals surface area contributed by atoms with Crippen molar-refractivity contribution in [3.05, 3.63) is 118 Å². The van der Waals surface area contributed by atoms with Crippen LogP contribution in [-0.2, 0) is 21.2 Å². The molecule has 1 saturated carbocycles. The standard InChI is InChI=1S/C44H45N11O5S4/c1-4-60-42(57)34-32(21-25-8-6-5-7-9-25)61-41(53-34)36-37(45)55-44(62-36)51-28-14-15-33(64(47,58)59)30(22-28)26-10-12-27(13-11-26)49-40-35(38(46)56)54-39(63-40)31-16-17-48-43(52-31)50-29-19-23(2)18-24(3)20-29/h5-9,14-20,22,26-27,49H,4,10-13,21,45H2,1-3H3,(H2,46,56)(H,51,55)(H2,47,58,59)(H,48,50,52). The Balaban J connectivity index is 0.973. The first-order valence-corrected chi connectivity index (χ1v) is 24.4. The van der Waals surface area contributed by atoms with Crippen molar-refractivity contribution in [2.75, 3.05) is 28.3 Å². The molecule has 1 fully saturated rings. The fourth-order valence-electron chi connectivity index (χ4n) is 7.72. The van der Waals surface area contributed by atoms with Gasteiger partial charge in [-0.1, -0.05) is 59.1 Å². The van der Waals surface area contributed by atoms with Gasteiger partial charge in [0.2, 0.25) is 16.0 Å². The smallest absolute Gasteiger partial charge is 0.358 e. The Kier molecular flexibility index (Phi) is 13.0. The number of esters is 1. The number of aryl methyl sites for hydroxylation is 2. The highest BCUT2D eigenvalue weighted by Crippen LogP contribution is 2.43. The van der Waals surface area contributed by atoms with Gasteiger partial charge >= 0.3 is 5.97 Å². The molecule has 0 spiro atoms. The van der Waals surface area contributed by atoms with Gasteiger partial charge in [-0.2, -0.15) is 0 Å². The molecule has 7 aromatic rings. The van der Waals surface area contributed by atoms with Crippen LogP contribution >= 0.6 is 34.0 Å². The molecule has 20 heteroatoms. The first-order valence-electron chi connectivity index (χ1n) is 20.4. The molecular weight excluding hydrogens is 891 g/mol. The number of rotatable bonds is 15. The van der Waals surface area contributed by atoms with Crippen molar-refractivity contribution in [1.82, 2.24) is 24.9 Å². The van der Waals surface area contributed by atoms with E-state index in [-0.39, 0.29) is 40.7 Å². The molecule has 64 heavy (non-hydrogen) atoms. The SMILES string of the molecule is CCOC(=O)c1nc(-c2sc(Nc3ccc(S(N)(=O)=O)c(C4CCC(Nc5sc(-c6ccnc(Nc7cc(C)cc(C)c7)n6)nc5C(N)=O)CC4)c3)nc2N)sc1Cc1ccccc1. The van der Waals surface area contributed by atoms with Crippen molar-refractivity contribution in [2.24, 2.45) is 10.9 Å². The molecule has 0 bridgehead atoms. The molecule has 16 nitrogen and oxygen atoms in total. The molecule has 3 aromatic carbocycles. The molecule has 0 saturated heterocycles. The summed E-state index contributed by atoms with van der Waals surface area (Å²) in [5.41, 5.74) is 18.4. The van der Waals surface area contributed by atoms with Gasteiger partial charge in [0.15, 0.2) is 16.5 Å². The van der Waals surface area contributed by atoms with E-state index in [2.05, 4.69) is 46.9 Å². The highest BCUT2D eigenvalue weighted by atomic mass is 32.2. The van der Waals surface area contributed by atoms with Crippen molar-refractivity contribution in [1.29, 1.82) is 0 Å². The summed E-state index contributed by atoms with van der Waals surface area (Å²) in [4.78, 5) is 49.7. The third kappa shape index (κ3) is 10.2. The molecule has 9 N–H and O–H groups in total. The monoisotopic (exact) mass is 935 g/mol. The highest BCUT2D eigenvalue weighted by Gasteiger charge is 2.30. The minimum Gasteiger partial charge on any atom is -0.461 e. The van der Waals surface area contributed by atoms with Crippen molar-refractivity contribution in [3.8, 4) is 20.6 Å². The zero-order chi connectivity index (χ0) is 45.1. The minimum atomic E-state index is -4.07. The Morgan fingerprint density at radius 1 is 0.828 bits per heavy atom. The van der Waals surface area contributed by atoms with Crippen LogP contribution in [0.5, 0.6) is 0 Å². The number of nitrogens with zero attached hydrogens (tertiary/aromatic N) is 5. The fourth-order valence-corrected chi connectivity index (χ4v) is 11.6. The number of carbonyl (C=O) groups excluding carboxylic acids is 2. The Bertz CT molecular complexity index is 2940. The number of primary amides is 1. The van der Waals surface area contributed by atoms with E-state index in [4.69, 9.17) is 21.3 Å². The molecule has 0 atom stereocenters. The molecule has 1 aliphatic carbocycles. The number of nitrogens with one attached hydrogen (secondary N) is 3. The summed E-state index contributed by atoms with van der Waals surface area (Å²) < 4.78 is 31.1. The topological polar surface area (TPSA) is 256 Å². The van der Waals surface area contributed by atoms with Crippen molar-refractivity contribution < 1.29 is 22.7 Å². The normalized spacial score (nSPS) is 15.1. The summed E-state index contributed by atoms with van der Waals surface area (Å²) in [7, 11) is -4.07. The Morgan fingerprint density at radius 2 is 1.56 bits per heavy atom. The van der Waals surface area contributed by atoms with Gasteiger partial charge < -0.3 is 32.2 Å². The first kappa shape index (κ1) is 44.3. The van der Waals surface area contributed by atoms with E-state index in [1.54, 1.807) is 31.3 Å². The molecule has 4 heterocycles. The lowest BCUT2D eigenvalue weighted by atomic mass is 9.81. The molecular formula is C44H45N11O5S4. The van der Waals surface area contributed by atoms with Crippen LogP contribution in [0, 0.1) is 13.8 Å². The maximum atomic E-state index is 12.9. The summed E-state index contributed by atoms with van der Waals surface area (Å²) in [6.07, 6.45) is 4.71. The lowest BCUT2D eigenvalue weighted by Crippen LogP contribution is -2.27. The quantitative estimate of drug-likeness (QED) is 0.0527. The lowest BCUT2D eigenvalue weighted by Gasteiger charge is -2.30. The van der Waals surface area contributed by atoms with E-state index in [0.29, 0.717) is 80.0 Å². The van der Waals surface area contributed by atoms with Crippen LogP contribution in [-0.4, -0.2) is 57.9 Å². The number of carbonyl (C=O) groups is 2. The number of hydrogen-bond acceptors (Lipinski definition) is 17. The number of nitrogen functional groups attached to an aromatic ring is 1. The van der Waals surface area contributed by atoms with Crippen LogP contribution in [0.3, 0.4) is 0 Å². The number of anilines is 6. The second kappa shape index (κ2) is 18.8. The van der Waals surface area contributed by atoms with Gasteiger partial charge in [0.1, 0.15) is 31.4 Å². The minimum absolute atomic E-state index is 0.0470. The molecule has 8 rings (SSSR count). The second-order valence-electron chi connectivity index (χ2n) is 15.4. The van der Waals surface area contributed by atoms with Gasteiger partial charge in [-0.25, -0.2) is 43.3 Å². The fraction of sp³-hybridized carbons (Fsp3) is 0.250. The lowest BCUT2D eigenvalue weighted by molar-refractivity contribution is 0.0519. The molecule has 1 aliphatic rings. The third-order valence-electron chi connectivity index (χ3n) is 10.5. The molecule has 0 unspecified atom stereocenters. The van der Waals surface area contributed by atoms with Crippen LogP contribution in [0.25, 0.3) is 20.6 Å². The van der Waals surface area contributed by atoms with E-state index >= 15 is 0 Å². The Labute approximate surface area is 381 Å². The van der Waals surface area contributed by atoms with E-state index in [1.165, 1.54) is 40.1 Å². The second-order valence-corrected chi connectivity index (χ2v) is 20.0. The van der Waals surface area contributed by atoms with Crippen LogP contribution in [0.1, 0.15) is 86.6 Å². The van der Waals surface area contributed by atoms with Crippen molar-refractivity contribution in [2.45, 2.75) is 69.7 Å². The Hall–Kier alpha value is -6.32. The maximum absolute atomic E-state index is 12.9. The number of amides is 1. The van der Waals surface area contributed by atoms with Crippen molar-refractivity contribution in [3.63, 3.8) is 0 Å². The summed E-state index contributed by atoms with van der Waals surface area (Å²) in [6.45, 7) is 6.00. The molecule has 330 valence electrons.